The predicted octanol–water partition coefficient (Wildman–Crippen LogP) is 5.95. The molecule has 0 bridgehead atoms. The van der Waals surface area contributed by atoms with E-state index in [1.807, 2.05) is 50.2 Å². The van der Waals surface area contributed by atoms with Crippen molar-refractivity contribution in [2.24, 2.45) is 7.05 Å². The molecule has 2 saturated heterocycles. The number of nitrogens with one attached hydrogen (secondary N) is 2. The lowest BCUT2D eigenvalue weighted by atomic mass is 9.87. The number of pyridine rings is 2. The molecule has 1 unspecified atom stereocenters. The molecule has 0 saturated carbocycles. The Morgan fingerprint density at radius 2 is 1.77 bits per heavy atom. The van der Waals surface area contributed by atoms with Gasteiger partial charge in [0.15, 0.2) is 5.82 Å². The Morgan fingerprint density at radius 3 is 2.55 bits per heavy atom. The lowest BCUT2D eigenvalue weighted by Gasteiger charge is -2.34. The lowest BCUT2D eigenvalue weighted by Crippen LogP contribution is -2.39. The number of nitrogens with zero attached hydrogens (tertiary/aromatic N) is 6. The van der Waals surface area contributed by atoms with Crippen LogP contribution in [0.3, 0.4) is 0 Å². The fourth-order valence-corrected chi connectivity index (χ4v) is 9.01. The number of likely N-dealkylation sites (tertiary alicyclic amines) is 1. The summed E-state index contributed by atoms with van der Waals surface area (Å²) in [7, 11) is 1.83. The molecule has 14 heteroatoms. The zero-order valence-electron chi connectivity index (χ0n) is 34.9. The van der Waals surface area contributed by atoms with Crippen LogP contribution < -0.4 is 21.1 Å². The number of aromatic nitrogens is 4. The van der Waals surface area contributed by atoms with Gasteiger partial charge < -0.3 is 24.1 Å². The van der Waals surface area contributed by atoms with Crippen molar-refractivity contribution in [1.82, 2.24) is 35.1 Å². The van der Waals surface area contributed by atoms with Gasteiger partial charge >= 0.3 is 0 Å². The van der Waals surface area contributed by atoms with Crippen molar-refractivity contribution in [1.29, 1.82) is 0 Å². The summed E-state index contributed by atoms with van der Waals surface area (Å²) >= 11 is 0. The van der Waals surface area contributed by atoms with Gasteiger partial charge in [0.1, 0.15) is 11.3 Å². The van der Waals surface area contributed by atoms with Crippen LogP contribution in [-0.4, -0.2) is 74.2 Å². The second kappa shape index (κ2) is 16.7. The van der Waals surface area contributed by atoms with Gasteiger partial charge in [-0.05, 0) is 99.0 Å². The number of rotatable bonds is 7. The first kappa shape index (κ1) is 40.3. The van der Waals surface area contributed by atoms with Gasteiger partial charge in [0.25, 0.3) is 11.5 Å². The first-order chi connectivity index (χ1) is 30.1. The summed E-state index contributed by atoms with van der Waals surface area (Å²) in [5.74, 6) is 5.55. The van der Waals surface area contributed by atoms with Crippen molar-refractivity contribution < 1.29 is 23.6 Å². The summed E-state index contributed by atoms with van der Waals surface area (Å²) in [6, 6.07) is 15.3. The molecule has 4 aromatic heterocycles. The Balaban J connectivity index is 0.900. The van der Waals surface area contributed by atoms with Gasteiger partial charge in [0.2, 0.25) is 17.7 Å². The number of carbonyl (C=O) groups excluding carboxylic acids is 4. The third-order valence-corrected chi connectivity index (χ3v) is 12.4. The van der Waals surface area contributed by atoms with Crippen molar-refractivity contribution in [3.05, 3.63) is 111 Å². The molecule has 14 nitrogen and oxygen atoms in total. The summed E-state index contributed by atoms with van der Waals surface area (Å²) in [5, 5.41) is 6.95. The minimum absolute atomic E-state index is 0.0221. The second-order valence-corrected chi connectivity index (χ2v) is 16.3. The maximum Gasteiger partial charge on any atom is 0.270 e. The normalized spacial score (nSPS) is 16.8. The Bertz CT molecular complexity index is 2920. The molecule has 0 aliphatic carbocycles. The third kappa shape index (κ3) is 7.70. The number of amides is 4. The molecule has 6 aromatic rings. The van der Waals surface area contributed by atoms with E-state index in [2.05, 4.69) is 44.5 Å². The minimum atomic E-state index is -0.474. The van der Waals surface area contributed by atoms with E-state index in [1.165, 1.54) is 0 Å². The average molecular weight is 831 g/mol. The lowest BCUT2D eigenvalue weighted by molar-refractivity contribution is -0.134. The van der Waals surface area contributed by atoms with Gasteiger partial charge in [-0.2, -0.15) is 0 Å². The molecule has 2 N–H and O–H groups in total. The van der Waals surface area contributed by atoms with Gasteiger partial charge in [0, 0.05) is 78.7 Å². The van der Waals surface area contributed by atoms with Crippen molar-refractivity contribution in [3.8, 4) is 23.2 Å². The number of hydrogen-bond acceptors (Lipinski definition) is 10. The number of furan rings is 1. The topological polar surface area (TPSA) is 173 Å². The molecule has 3 aliphatic heterocycles. The Hall–Kier alpha value is -7.14. The predicted molar refractivity (Wildman–Crippen MR) is 234 cm³/mol. The first-order valence-corrected chi connectivity index (χ1v) is 21.2. The van der Waals surface area contributed by atoms with Gasteiger partial charge in [0.05, 0.1) is 47.5 Å². The third-order valence-electron chi connectivity index (χ3n) is 12.4. The van der Waals surface area contributed by atoms with Crippen molar-refractivity contribution in [2.75, 3.05) is 31.1 Å². The number of carbonyl (C=O) groups is 4. The maximum atomic E-state index is 13.2. The standard InChI is InChI=1S/C48H46N8O6/c1-4-44(58)55-19-15-30(16-20-55)32-23-39-35(21-28(2)48(61)54(39)3)40(24-32)56-18-6-8-37-41(56)26-51-45(52-37)31-10-12-38(50-25-31)47(60)49-17-5-7-29-9-13-42-34(22-29)36(27-62-42)33-11-14-43(57)53-46(33)59/h9-10,12-13,21-27,30,33H,4,6,8,11,14-20H2,1-3H3,(H,49,60)(H,53,57,59). The summed E-state index contributed by atoms with van der Waals surface area (Å²) in [5.41, 5.74) is 8.47. The van der Waals surface area contributed by atoms with E-state index >= 15 is 0 Å². The van der Waals surface area contributed by atoms with Crippen LogP contribution in [0.25, 0.3) is 33.3 Å². The zero-order valence-corrected chi connectivity index (χ0v) is 34.9. The highest BCUT2D eigenvalue weighted by atomic mass is 16.3. The highest BCUT2D eigenvalue weighted by Gasteiger charge is 2.31. The summed E-state index contributed by atoms with van der Waals surface area (Å²) in [6.07, 6.45) is 9.59. The van der Waals surface area contributed by atoms with E-state index in [0.29, 0.717) is 40.9 Å². The maximum absolute atomic E-state index is 13.2. The van der Waals surface area contributed by atoms with Gasteiger partial charge in [-0.15, -0.1) is 0 Å². The number of aryl methyl sites for hydroxylation is 3. The molecular formula is C48H46N8O6. The largest absolute Gasteiger partial charge is 0.464 e. The van der Waals surface area contributed by atoms with Gasteiger partial charge in [-0.1, -0.05) is 18.8 Å². The van der Waals surface area contributed by atoms with Crippen LogP contribution in [0.5, 0.6) is 0 Å². The van der Waals surface area contributed by atoms with E-state index in [4.69, 9.17) is 14.4 Å². The number of piperidine rings is 2. The van der Waals surface area contributed by atoms with Gasteiger partial charge in [-0.3, -0.25) is 34.3 Å². The van der Waals surface area contributed by atoms with Crippen LogP contribution in [-0.2, 0) is 27.9 Å². The molecule has 0 spiro atoms. The van der Waals surface area contributed by atoms with Crippen LogP contribution in [0.2, 0.25) is 0 Å². The number of hydrogen-bond donors (Lipinski definition) is 2. The fourth-order valence-electron chi connectivity index (χ4n) is 9.01. The number of imide groups is 1. The molecule has 62 heavy (non-hydrogen) atoms. The molecule has 9 rings (SSSR count). The number of fused-ring (bicyclic) bond motifs is 3. The van der Waals surface area contributed by atoms with Crippen LogP contribution in [0.1, 0.15) is 95.7 Å². The average Bonchev–Trinajstić information content (AvgIpc) is 3.71. The number of anilines is 2. The van der Waals surface area contributed by atoms with E-state index < -0.39 is 5.92 Å². The van der Waals surface area contributed by atoms with Gasteiger partial charge in [-0.25, -0.2) is 9.97 Å². The molecular weight excluding hydrogens is 785 g/mol. The Labute approximate surface area is 357 Å². The van der Waals surface area contributed by atoms with Crippen LogP contribution in [0.4, 0.5) is 11.4 Å². The summed E-state index contributed by atoms with van der Waals surface area (Å²) in [4.78, 5) is 81.2. The van der Waals surface area contributed by atoms with Crippen LogP contribution in [0, 0.1) is 18.8 Å². The molecule has 4 amide bonds. The highest BCUT2D eigenvalue weighted by molar-refractivity contribution is 6.03. The van der Waals surface area contributed by atoms with Crippen molar-refractivity contribution in [2.45, 2.75) is 70.6 Å². The zero-order chi connectivity index (χ0) is 43.1. The fraction of sp³-hybridized carbons (Fsp3) is 0.333. The molecule has 2 fully saturated rings. The van der Waals surface area contributed by atoms with E-state index in [9.17, 15) is 24.0 Å². The first-order valence-electron chi connectivity index (χ1n) is 21.2. The molecule has 7 heterocycles. The van der Waals surface area contributed by atoms with Crippen molar-refractivity contribution in [3.63, 3.8) is 0 Å². The van der Waals surface area contributed by atoms with E-state index in [-0.39, 0.29) is 53.8 Å². The molecule has 0 radical (unpaired) electrons. The molecule has 2 aromatic carbocycles. The van der Waals surface area contributed by atoms with Crippen LogP contribution >= 0.6 is 0 Å². The minimum Gasteiger partial charge on any atom is -0.464 e. The number of benzene rings is 2. The van der Waals surface area contributed by atoms with Crippen molar-refractivity contribution >= 4 is 56.9 Å². The molecule has 3 aliphatic rings. The summed E-state index contributed by atoms with van der Waals surface area (Å²) in [6.45, 7) is 6.05. The monoisotopic (exact) mass is 830 g/mol. The Kier molecular flexibility index (Phi) is 10.9. The summed E-state index contributed by atoms with van der Waals surface area (Å²) < 4.78 is 7.41. The van der Waals surface area contributed by atoms with Crippen LogP contribution in [0.15, 0.2) is 76.4 Å². The highest BCUT2D eigenvalue weighted by Crippen LogP contribution is 2.41. The smallest absolute Gasteiger partial charge is 0.270 e. The quantitative estimate of drug-likeness (QED) is 0.145. The van der Waals surface area contributed by atoms with E-state index in [1.54, 1.807) is 35.2 Å². The Morgan fingerprint density at radius 1 is 0.935 bits per heavy atom. The molecule has 1 atom stereocenters. The van der Waals surface area contributed by atoms with E-state index in [0.717, 1.165) is 89.8 Å². The SMILES string of the molecule is CCC(=O)N1CCC(c2cc(N3CCCc4nc(-c5ccc(C(=O)NCC#Cc6ccc7occ(C8CCC(=O)NC8=O)c7c6)nc5)ncc43)c3cc(C)c(=O)n(C)c3c2)CC1. The molecule has 314 valence electrons. The second-order valence-electron chi connectivity index (χ2n) is 16.3.